The zero-order valence-corrected chi connectivity index (χ0v) is 7.03. The van der Waals surface area contributed by atoms with E-state index in [-0.39, 0.29) is 12.6 Å². The molecule has 0 aromatic heterocycles. The van der Waals surface area contributed by atoms with Crippen molar-refractivity contribution in [1.29, 1.82) is 0 Å². The fourth-order valence-electron chi connectivity index (χ4n) is 1.02. The average Bonchev–Trinajstić information content (AvgIpc) is 2.07. The van der Waals surface area contributed by atoms with Gasteiger partial charge in [-0.1, -0.05) is 18.2 Å². The van der Waals surface area contributed by atoms with Gasteiger partial charge < -0.3 is 5.73 Å². The highest BCUT2D eigenvalue weighted by Crippen LogP contribution is 2.11. The molecule has 0 radical (unpaired) electrons. The van der Waals surface area contributed by atoms with Gasteiger partial charge in [-0.05, 0) is 12.1 Å². The second kappa shape index (κ2) is 3.88. The van der Waals surface area contributed by atoms with E-state index in [1.54, 1.807) is 0 Å². The van der Waals surface area contributed by atoms with Crippen LogP contribution in [-0.4, -0.2) is 12.6 Å². The Labute approximate surface area is 71.8 Å². The molecule has 2 N–H and O–H groups in total. The third-order valence-corrected chi connectivity index (χ3v) is 1.63. The molecule has 0 bridgehead atoms. The van der Waals surface area contributed by atoms with Gasteiger partial charge in [-0.15, -0.1) is 0 Å². The van der Waals surface area contributed by atoms with Crippen LogP contribution < -0.4 is 10.6 Å². The number of benzene rings is 1. The molecule has 1 aromatic carbocycles. The van der Waals surface area contributed by atoms with Gasteiger partial charge in [0.2, 0.25) is 5.91 Å². The Morgan fingerprint density at radius 1 is 1.42 bits per heavy atom. The molecule has 0 aliphatic carbocycles. The van der Waals surface area contributed by atoms with Crippen LogP contribution in [-0.2, 0) is 4.79 Å². The van der Waals surface area contributed by atoms with Crippen LogP contribution in [0, 0.1) is 0 Å². The number of amides is 1. The second-order valence-corrected chi connectivity index (χ2v) is 2.47. The average molecular weight is 164 g/mol. The van der Waals surface area contributed by atoms with Gasteiger partial charge in [0.1, 0.15) is 0 Å². The number of hydrogen-bond donors (Lipinski definition) is 1. The predicted molar refractivity (Wildman–Crippen MR) is 48.7 cm³/mol. The number of nitrogens with two attached hydrogens (primary N) is 1. The monoisotopic (exact) mass is 164 g/mol. The first-order valence-corrected chi connectivity index (χ1v) is 3.79. The number of rotatable bonds is 2. The zero-order valence-electron chi connectivity index (χ0n) is 7.03. The summed E-state index contributed by atoms with van der Waals surface area (Å²) in [6.45, 7) is 1.72. The summed E-state index contributed by atoms with van der Waals surface area (Å²) < 4.78 is 0. The van der Waals surface area contributed by atoms with Crippen LogP contribution in [0.3, 0.4) is 0 Å². The van der Waals surface area contributed by atoms with Gasteiger partial charge >= 0.3 is 0 Å². The first kappa shape index (κ1) is 8.74. The van der Waals surface area contributed by atoms with Crippen LogP contribution in [0.4, 0.5) is 5.69 Å². The molecule has 0 fully saturated rings. The van der Waals surface area contributed by atoms with Crippen molar-refractivity contribution in [3.63, 3.8) is 0 Å². The molecular formula is C9H12N2O. The van der Waals surface area contributed by atoms with E-state index in [9.17, 15) is 4.79 Å². The van der Waals surface area contributed by atoms with Crippen LogP contribution >= 0.6 is 0 Å². The Kier molecular flexibility index (Phi) is 2.82. The van der Waals surface area contributed by atoms with Crippen molar-refractivity contribution >= 4 is 11.6 Å². The van der Waals surface area contributed by atoms with Gasteiger partial charge in [0.05, 0.1) is 6.67 Å². The Morgan fingerprint density at radius 2 is 2.00 bits per heavy atom. The molecular weight excluding hydrogens is 152 g/mol. The van der Waals surface area contributed by atoms with Crippen molar-refractivity contribution in [2.24, 2.45) is 5.73 Å². The van der Waals surface area contributed by atoms with Crippen molar-refractivity contribution in [1.82, 2.24) is 0 Å². The maximum Gasteiger partial charge on any atom is 0.224 e. The topological polar surface area (TPSA) is 46.3 Å². The summed E-state index contributed by atoms with van der Waals surface area (Å²) >= 11 is 0. The zero-order chi connectivity index (χ0) is 8.97. The fourth-order valence-corrected chi connectivity index (χ4v) is 1.02. The first-order valence-electron chi connectivity index (χ1n) is 3.79. The molecule has 0 unspecified atom stereocenters. The number of carbonyl (C=O) groups is 1. The molecule has 64 valence electrons. The van der Waals surface area contributed by atoms with E-state index in [1.807, 2.05) is 30.3 Å². The van der Waals surface area contributed by atoms with Crippen LogP contribution in [0.25, 0.3) is 0 Å². The molecule has 1 amide bonds. The van der Waals surface area contributed by atoms with Gasteiger partial charge in [-0.2, -0.15) is 0 Å². The highest BCUT2D eigenvalue weighted by atomic mass is 16.2. The van der Waals surface area contributed by atoms with E-state index in [4.69, 9.17) is 5.73 Å². The molecule has 0 saturated carbocycles. The van der Waals surface area contributed by atoms with Crippen molar-refractivity contribution in [2.75, 3.05) is 11.6 Å². The van der Waals surface area contributed by atoms with E-state index in [0.717, 1.165) is 5.69 Å². The van der Waals surface area contributed by atoms with Gasteiger partial charge in [0, 0.05) is 12.6 Å². The summed E-state index contributed by atoms with van der Waals surface area (Å²) in [6, 6.07) is 9.36. The largest absolute Gasteiger partial charge is 0.313 e. The first-order chi connectivity index (χ1) is 5.75. The van der Waals surface area contributed by atoms with Gasteiger partial charge in [-0.3, -0.25) is 9.69 Å². The molecule has 0 aliphatic heterocycles. The summed E-state index contributed by atoms with van der Waals surface area (Å²) in [7, 11) is 0. The maximum atomic E-state index is 11.0. The molecule has 1 aromatic rings. The molecule has 1 rings (SSSR count). The second-order valence-electron chi connectivity index (χ2n) is 2.47. The standard InChI is InChI=1S/C9H12N2O/c1-8(12)11(7-10)9-5-3-2-4-6-9/h2-6H,7,10H2,1H3. The van der Waals surface area contributed by atoms with Gasteiger partial charge in [-0.25, -0.2) is 0 Å². The molecule has 0 aliphatic rings. The molecule has 3 heteroatoms. The minimum atomic E-state index is -0.0382. The molecule has 0 saturated heterocycles. The van der Waals surface area contributed by atoms with Crippen molar-refractivity contribution < 1.29 is 4.79 Å². The molecule has 0 spiro atoms. The highest BCUT2D eigenvalue weighted by Gasteiger charge is 2.06. The SMILES string of the molecule is CC(=O)N(CN)c1ccccc1. The third kappa shape index (κ3) is 1.83. The van der Waals surface area contributed by atoms with Crippen molar-refractivity contribution in [3.05, 3.63) is 30.3 Å². The summed E-state index contributed by atoms with van der Waals surface area (Å²) in [6.07, 6.45) is 0. The lowest BCUT2D eigenvalue weighted by atomic mass is 10.3. The maximum absolute atomic E-state index is 11.0. The van der Waals surface area contributed by atoms with E-state index >= 15 is 0 Å². The number of anilines is 1. The van der Waals surface area contributed by atoms with E-state index in [0.29, 0.717) is 0 Å². The van der Waals surface area contributed by atoms with Gasteiger partial charge in [0.25, 0.3) is 0 Å². The quantitative estimate of drug-likeness (QED) is 0.661. The number of nitrogens with zero attached hydrogens (tertiary/aromatic N) is 1. The number of para-hydroxylation sites is 1. The molecule has 3 nitrogen and oxygen atoms in total. The minimum Gasteiger partial charge on any atom is -0.313 e. The smallest absolute Gasteiger partial charge is 0.224 e. The number of carbonyl (C=O) groups excluding carboxylic acids is 1. The lowest BCUT2D eigenvalue weighted by molar-refractivity contribution is -0.116. The van der Waals surface area contributed by atoms with Crippen molar-refractivity contribution in [2.45, 2.75) is 6.92 Å². The Bertz CT molecular complexity index is 258. The molecule has 0 atom stereocenters. The Morgan fingerprint density at radius 3 is 2.42 bits per heavy atom. The van der Waals surface area contributed by atoms with E-state index < -0.39 is 0 Å². The van der Waals surface area contributed by atoms with Crippen LogP contribution in [0.5, 0.6) is 0 Å². The van der Waals surface area contributed by atoms with Crippen LogP contribution in [0.1, 0.15) is 6.92 Å². The summed E-state index contributed by atoms with van der Waals surface area (Å²) in [5.74, 6) is -0.0382. The van der Waals surface area contributed by atoms with Crippen LogP contribution in [0.2, 0.25) is 0 Å². The Hall–Kier alpha value is -1.35. The molecule has 0 heterocycles. The summed E-state index contributed by atoms with van der Waals surface area (Å²) in [5, 5.41) is 0. The summed E-state index contributed by atoms with van der Waals surface area (Å²) in [5.41, 5.74) is 6.25. The van der Waals surface area contributed by atoms with Crippen LogP contribution in [0.15, 0.2) is 30.3 Å². The minimum absolute atomic E-state index is 0.0382. The van der Waals surface area contributed by atoms with E-state index in [2.05, 4.69) is 0 Å². The summed E-state index contributed by atoms with van der Waals surface area (Å²) in [4.78, 5) is 12.5. The predicted octanol–water partition coefficient (Wildman–Crippen LogP) is 0.956. The molecule has 12 heavy (non-hydrogen) atoms. The third-order valence-electron chi connectivity index (χ3n) is 1.63. The lowest BCUT2D eigenvalue weighted by Gasteiger charge is -2.18. The van der Waals surface area contributed by atoms with E-state index in [1.165, 1.54) is 11.8 Å². The number of hydrogen-bond acceptors (Lipinski definition) is 2. The lowest BCUT2D eigenvalue weighted by Crippen LogP contribution is -2.33. The van der Waals surface area contributed by atoms with Crippen molar-refractivity contribution in [3.8, 4) is 0 Å². The van der Waals surface area contributed by atoms with Gasteiger partial charge in [0.15, 0.2) is 0 Å². The normalized spacial score (nSPS) is 9.50. The highest BCUT2D eigenvalue weighted by molar-refractivity contribution is 5.91. The fraction of sp³-hybridized carbons (Fsp3) is 0.222. The Balaban J connectivity index is 2.88.